The maximum atomic E-state index is 12.1. The van der Waals surface area contributed by atoms with Crippen LogP contribution in [0.15, 0.2) is 48.5 Å². The molecule has 0 spiro atoms. The van der Waals surface area contributed by atoms with Gasteiger partial charge in [-0.05, 0) is 59.8 Å². The van der Waals surface area contributed by atoms with E-state index in [1.807, 2.05) is 42.5 Å². The fourth-order valence-electron chi connectivity index (χ4n) is 2.67. The summed E-state index contributed by atoms with van der Waals surface area (Å²) in [6.45, 7) is 8.50. The Kier molecular flexibility index (Phi) is 7.80. The van der Waals surface area contributed by atoms with Crippen molar-refractivity contribution < 1.29 is 9.53 Å². The van der Waals surface area contributed by atoms with Crippen LogP contribution < -0.4 is 15.4 Å². The van der Waals surface area contributed by atoms with Gasteiger partial charge < -0.3 is 10.1 Å². The molecule has 0 aliphatic rings. The molecule has 0 aliphatic heterocycles. The molecule has 2 aromatic carbocycles. The van der Waals surface area contributed by atoms with Crippen LogP contribution in [0.25, 0.3) is 0 Å². The molecule has 1 amide bonds. The molecule has 0 saturated heterocycles. The number of hydrogen-bond acceptors (Lipinski definition) is 3. The Morgan fingerprint density at radius 2 is 1.74 bits per heavy atom. The molecule has 0 radical (unpaired) electrons. The van der Waals surface area contributed by atoms with Crippen LogP contribution in [0.3, 0.4) is 0 Å². The summed E-state index contributed by atoms with van der Waals surface area (Å²) >= 11 is 5.27. The number of benzene rings is 2. The Morgan fingerprint density at radius 1 is 1.07 bits per heavy atom. The van der Waals surface area contributed by atoms with E-state index in [4.69, 9.17) is 17.0 Å². The summed E-state index contributed by atoms with van der Waals surface area (Å²) in [5.74, 6) is 1.24. The molecule has 2 N–H and O–H groups in total. The molecule has 4 nitrogen and oxygen atoms in total. The predicted molar refractivity (Wildman–Crippen MR) is 116 cm³/mol. The number of amides is 1. The molecule has 0 fully saturated rings. The maximum Gasteiger partial charge on any atom is 0.264 e. The Bertz CT molecular complexity index is 772. The van der Waals surface area contributed by atoms with Crippen molar-refractivity contribution >= 4 is 28.9 Å². The number of anilines is 1. The third kappa shape index (κ3) is 6.36. The van der Waals surface area contributed by atoms with Gasteiger partial charge in [0.15, 0.2) is 11.7 Å². The van der Waals surface area contributed by atoms with Crippen molar-refractivity contribution in [2.24, 2.45) is 0 Å². The van der Waals surface area contributed by atoms with Gasteiger partial charge >= 0.3 is 0 Å². The fraction of sp³-hybridized carbons (Fsp3) is 0.364. The first-order valence-corrected chi connectivity index (χ1v) is 9.74. The van der Waals surface area contributed by atoms with Crippen molar-refractivity contribution in [3.63, 3.8) is 0 Å². The van der Waals surface area contributed by atoms with E-state index in [0.29, 0.717) is 17.6 Å². The molecule has 144 valence electrons. The number of carbonyl (C=O) groups is 1. The number of thiocarbonyl (C=S) groups is 1. The molecule has 5 heteroatoms. The first kappa shape index (κ1) is 20.9. The van der Waals surface area contributed by atoms with Crippen LogP contribution in [0, 0.1) is 0 Å². The van der Waals surface area contributed by atoms with Gasteiger partial charge in [0.1, 0.15) is 5.75 Å². The smallest absolute Gasteiger partial charge is 0.264 e. The van der Waals surface area contributed by atoms with Gasteiger partial charge in [-0.3, -0.25) is 10.1 Å². The van der Waals surface area contributed by atoms with Crippen LogP contribution in [0.4, 0.5) is 5.69 Å². The second-order valence-corrected chi connectivity index (χ2v) is 7.32. The van der Waals surface area contributed by atoms with Gasteiger partial charge in [0, 0.05) is 5.69 Å². The van der Waals surface area contributed by atoms with E-state index in [-0.39, 0.29) is 17.6 Å². The Labute approximate surface area is 167 Å². The molecule has 1 atom stereocenters. The zero-order valence-corrected chi connectivity index (χ0v) is 17.2. The van der Waals surface area contributed by atoms with Crippen molar-refractivity contribution in [3.8, 4) is 5.75 Å². The van der Waals surface area contributed by atoms with Gasteiger partial charge in [-0.1, -0.05) is 58.0 Å². The highest BCUT2D eigenvalue weighted by atomic mass is 32.1. The number of rotatable bonds is 7. The highest BCUT2D eigenvalue weighted by molar-refractivity contribution is 7.80. The largest absolute Gasteiger partial charge is 0.484 e. The third-order valence-electron chi connectivity index (χ3n) is 4.52. The summed E-state index contributed by atoms with van der Waals surface area (Å²) in [7, 11) is 0. The minimum atomic E-state index is -0.290. The Hall–Kier alpha value is -2.40. The molecular weight excluding hydrogens is 356 g/mol. The van der Waals surface area contributed by atoms with Crippen LogP contribution in [0.5, 0.6) is 5.75 Å². The minimum absolute atomic E-state index is 0.0874. The Balaban J connectivity index is 1.86. The summed E-state index contributed by atoms with van der Waals surface area (Å²) in [6.07, 6.45) is 1.03. The van der Waals surface area contributed by atoms with E-state index in [2.05, 4.69) is 44.4 Å². The SMILES string of the molecule is CCC(C)c1ccccc1NC(=S)NC(=O)COc1ccc(C(C)C)cc1. The van der Waals surface area contributed by atoms with Gasteiger partial charge in [0.2, 0.25) is 0 Å². The summed E-state index contributed by atoms with van der Waals surface area (Å²) in [5.41, 5.74) is 3.33. The second kappa shape index (κ2) is 10.1. The lowest BCUT2D eigenvalue weighted by molar-refractivity contribution is -0.121. The lowest BCUT2D eigenvalue weighted by atomic mass is 9.97. The van der Waals surface area contributed by atoms with Crippen molar-refractivity contribution in [1.82, 2.24) is 5.32 Å². The van der Waals surface area contributed by atoms with E-state index in [1.165, 1.54) is 11.1 Å². The van der Waals surface area contributed by atoms with Crippen LogP contribution >= 0.6 is 12.2 Å². The molecule has 0 aliphatic carbocycles. The minimum Gasteiger partial charge on any atom is -0.484 e. The van der Waals surface area contributed by atoms with Crippen molar-refractivity contribution in [2.75, 3.05) is 11.9 Å². The van der Waals surface area contributed by atoms with Gasteiger partial charge in [-0.2, -0.15) is 0 Å². The molecule has 27 heavy (non-hydrogen) atoms. The monoisotopic (exact) mass is 384 g/mol. The average molecular weight is 385 g/mol. The Morgan fingerprint density at radius 3 is 2.37 bits per heavy atom. The van der Waals surface area contributed by atoms with Crippen molar-refractivity contribution in [2.45, 2.75) is 46.0 Å². The summed E-state index contributed by atoms with van der Waals surface area (Å²) in [5, 5.41) is 6.06. The number of carbonyl (C=O) groups excluding carboxylic acids is 1. The zero-order valence-electron chi connectivity index (χ0n) is 16.4. The van der Waals surface area contributed by atoms with Gasteiger partial charge in [0.05, 0.1) is 0 Å². The summed E-state index contributed by atoms with van der Waals surface area (Å²) in [6, 6.07) is 15.8. The third-order valence-corrected chi connectivity index (χ3v) is 4.73. The number of nitrogens with one attached hydrogen (secondary N) is 2. The number of para-hydroxylation sites is 1. The van der Waals surface area contributed by atoms with E-state index in [0.717, 1.165) is 12.1 Å². The van der Waals surface area contributed by atoms with E-state index in [1.54, 1.807) is 0 Å². The van der Waals surface area contributed by atoms with Crippen LogP contribution in [0.2, 0.25) is 0 Å². The topological polar surface area (TPSA) is 50.4 Å². The van der Waals surface area contributed by atoms with Gasteiger partial charge in [0.25, 0.3) is 5.91 Å². The first-order chi connectivity index (χ1) is 12.9. The quantitative estimate of drug-likeness (QED) is 0.643. The summed E-state index contributed by atoms with van der Waals surface area (Å²) in [4.78, 5) is 12.1. The van der Waals surface area contributed by atoms with Crippen LogP contribution in [0.1, 0.15) is 57.1 Å². The fourth-order valence-corrected chi connectivity index (χ4v) is 2.90. The van der Waals surface area contributed by atoms with Gasteiger partial charge in [-0.25, -0.2) is 0 Å². The zero-order chi connectivity index (χ0) is 19.8. The highest BCUT2D eigenvalue weighted by Gasteiger charge is 2.11. The average Bonchev–Trinajstić information content (AvgIpc) is 2.66. The lowest BCUT2D eigenvalue weighted by Gasteiger charge is -2.17. The molecular formula is C22H28N2O2S. The molecule has 0 heterocycles. The molecule has 0 saturated carbocycles. The summed E-state index contributed by atoms with van der Waals surface area (Å²) < 4.78 is 5.53. The van der Waals surface area contributed by atoms with Gasteiger partial charge in [-0.15, -0.1) is 0 Å². The molecule has 2 aromatic rings. The predicted octanol–water partition coefficient (Wildman–Crippen LogP) is 5.22. The van der Waals surface area contributed by atoms with E-state index in [9.17, 15) is 4.79 Å². The van der Waals surface area contributed by atoms with E-state index >= 15 is 0 Å². The van der Waals surface area contributed by atoms with E-state index < -0.39 is 0 Å². The van der Waals surface area contributed by atoms with Crippen LogP contribution in [-0.2, 0) is 4.79 Å². The molecule has 2 rings (SSSR count). The number of hydrogen-bond donors (Lipinski definition) is 2. The highest BCUT2D eigenvalue weighted by Crippen LogP contribution is 2.26. The first-order valence-electron chi connectivity index (χ1n) is 9.33. The molecule has 0 bridgehead atoms. The lowest BCUT2D eigenvalue weighted by Crippen LogP contribution is -2.37. The molecule has 0 aromatic heterocycles. The van der Waals surface area contributed by atoms with Crippen LogP contribution in [-0.4, -0.2) is 17.6 Å². The number of ether oxygens (including phenoxy) is 1. The molecule has 1 unspecified atom stereocenters. The van der Waals surface area contributed by atoms with Crippen molar-refractivity contribution in [1.29, 1.82) is 0 Å². The normalized spacial score (nSPS) is 11.7. The standard InChI is InChI=1S/C22H28N2O2S/c1-5-16(4)19-8-6-7-9-20(19)23-22(27)24-21(25)14-26-18-12-10-17(11-13-18)15(2)3/h6-13,15-16H,5,14H2,1-4H3,(H2,23,24,25,27). The second-order valence-electron chi connectivity index (χ2n) is 6.91. The maximum absolute atomic E-state index is 12.1. The van der Waals surface area contributed by atoms with Crippen molar-refractivity contribution in [3.05, 3.63) is 59.7 Å².